The molecule has 0 saturated heterocycles. The van der Waals surface area contributed by atoms with Crippen LogP contribution in [0.25, 0.3) is 11.3 Å². The van der Waals surface area contributed by atoms with Crippen LogP contribution in [0.2, 0.25) is 0 Å². The van der Waals surface area contributed by atoms with E-state index in [4.69, 9.17) is 0 Å². The summed E-state index contributed by atoms with van der Waals surface area (Å²) in [5.41, 5.74) is 1.87. The van der Waals surface area contributed by atoms with E-state index in [1.807, 2.05) is 29.8 Å². The molecule has 2 aromatic rings. The van der Waals surface area contributed by atoms with Gasteiger partial charge in [-0.25, -0.2) is 4.98 Å². The molecule has 2 rings (SSSR count). The van der Waals surface area contributed by atoms with Crippen molar-refractivity contribution in [2.24, 2.45) is 0 Å². The van der Waals surface area contributed by atoms with E-state index in [0.29, 0.717) is 6.42 Å². The molecule has 0 aromatic carbocycles. The summed E-state index contributed by atoms with van der Waals surface area (Å²) in [6.45, 7) is 1.99. The number of rotatable bonds is 4. The molecule has 16 heavy (non-hydrogen) atoms. The van der Waals surface area contributed by atoms with Crippen molar-refractivity contribution in [2.75, 3.05) is 0 Å². The zero-order chi connectivity index (χ0) is 11.4. The standard InChI is InChI=1S/C12H13N3O/c1-10(4-6-16)15-8-12(14-9-15)11-3-2-5-13-7-11/h2-3,5-10H,4H2,1H3/t10-/m1/s1. The van der Waals surface area contributed by atoms with E-state index in [9.17, 15) is 4.79 Å². The van der Waals surface area contributed by atoms with Crippen LogP contribution in [-0.4, -0.2) is 20.8 Å². The van der Waals surface area contributed by atoms with Crippen LogP contribution in [0, 0.1) is 0 Å². The second kappa shape index (κ2) is 4.70. The smallest absolute Gasteiger partial charge is 0.122 e. The van der Waals surface area contributed by atoms with Gasteiger partial charge in [-0.05, 0) is 19.1 Å². The van der Waals surface area contributed by atoms with Crippen molar-refractivity contribution >= 4 is 6.29 Å². The summed E-state index contributed by atoms with van der Waals surface area (Å²) in [4.78, 5) is 18.8. The fourth-order valence-corrected chi connectivity index (χ4v) is 1.50. The lowest BCUT2D eigenvalue weighted by molar-refractivity contribution is -0.108. The maximum atomic E-state index is 10.4. The monoisotopic (exact) mass is 215 g/mol. The molecular weight excluding hydrogens is 202 g/mol. The van der Waals surface area contributed by atoms with E-state index < -0.39 is 0 Å². The summed E-state index contributed by atoms with van der Waals surface area (Å²) >= 11 is 0. The molecule has 0 aliphatic carbocycles. The van der Waals surface area contributed by atoms with E-state index in [2.05, 4.69) is 9.97 Å². The van der Waals surface area contributed by atoms with E-state index >= 15 is 0 Å². The Bertz CT molecular complexity index is 464. The highest BCUT2D eigenvalue weighted by atomic mass is 16.1. The third-order valence-electron chi connectivity index (χ3n) is 2.51. The third-order valence-corrected chi connectivity index (χ3v) is 2.51. The van der Waals surface area contributed by atoms with Crippen molar-refractivity contribution in [1.82, 2.24) is 14.5 Å². The second-order valence-corrected chi connectivity index (χ2v) is 3.70. The molecule has 0 unspecified atom stereocenters. The number of aldehydes is 1. The summed E-state index contributed by atoms with van der Waals surface area (Å²) in [5.74, 6) is 0. The van der Waals surface area contributed by atoms with Gasteiger partial charge < -0.3 is 9.36 Å². The number of aromatic nitrogens is 3. The number of carbonyl (C=O) groups excluding carboxylic acids is 1. The van der Waals surface area contributed by atoms with Crippen molar-refractivity contribution in [3.8, 4) is 11.3 Å². The van der Waals surface area contributed by atoms with Gasteiger partial charge in [0.15, 0.2) is 0 Å². The van der Waals surface area contributed by atoms with Crippen molar-refractivity contribution in [3.05, 3.63) is 37.1 Å². The van der Waals surface area contributed by atoms with Crippen molar-refractivity contribution < 1.29 is 4.79 Å². The Hall–Kier alpha value is -1.97. The first-order valence-corrected chi connectivity index (χ1v) is 5.19. The molecule has 0 amide bonds. The molecule has 0 saturated carbocycles. The minimum Gasteiger partial charge on any atom is -0.334 e. The van der Waals surface area contributed by atoms with Gasteiger partial charge in [-0.15, -0.1) is 0 Å². The molecule has 2 heterocycles. The Morgan fingerprint density at radius 2 is 2.44 bits per heavy atom. The SMILES string of the molecule is C[C@H](CC=O)n1cnc(-c2cccnc2)c1. The van der Waals surface area contributed by atoms with Crippen molar-refractivity contribution in [3.63, 3.8) is 0 Å². The van der Waals surface area contributed by atoms with Gasteiger partial charge in [0, 0.05) is 36.6 Å². The highest BCUT2D eigenvalue weighted by Crippen LogP contribution is 2.18. The molecule has 0 aliphatic heterocycles. The van der Waals surface area contributed by atoms with Crippen LogP contribution in [0.4, 0.5) is 0 Å². The number of pyridine rings is 1. The number of hydrogen-bond donors (Lipinski definition) is 0. The lowest BCUT2D eigenvalue weighted by Gasteiger charge is -2.07. The molecule has 82 valence electrons. The molecule has 0 spiro atoms. The summed E-state index contributed by atoms with van der Waals surface area (Å²) in [6, 6.07) is 3.99. The Labute approximate surface area is 94.0 Å². The summed E-state index contributed by atoms with van der Waals surface area (Å²) in [7, 11) is 0. The molecule has 4 nitrogen and oxygen atoms in total. The molecule has 0 N–H and O–H groups in total. The fraction of sp³-hybridized carbons (Fsp3) is 0.250. The van der Waals surface area contributed by atoms with Crippen LogP contribution in [0.3, 0.4) is 0 Å². The molecule has 4 heteroatoms. The van der Waals surface area contributed by atoms with Gasteiger partial charge >= 0.3 is 0 Å². The van der Waals surface area contributed by atoms with Gasteiger partial charge in [0.2, 0.25) is 0 Å². The fourth-order valence-electron chi connectivity index (χ4n) is 1.50. The lowest BCUT2D eigenvalue weighted by atomic mass is 10.2. The van der Waals surface area contributed by atoms with Gasteiger partial charge in [0.1, 0.15) is 6.29 Å². The summed E-state index contributed by atoms with van der Waals surface area (Å²) in [5, 5.41) is 0. The van der Waals surface area contributed by atoms with Gasteiger partial charge in [-0.2, -0.15) is 0 Å². The molecule has 0 aliphatic rings. The third kappa shape index (κ3) is 2.16. The number of carbonyl (C=O) groups is 1. The van der Waals surface area contributed by atoms with Crippen molar-refractivity contribution in [1.29, 1.82) is 0 Å². The number of nitrogens with zero attached hydrogens (tertiary/aromatic N) is 3. The highest BCUT2D eigenvalue weighted by molar-refractivity contribution is 5.56. The topological polar surface area (TPSA) is 47.8 Å². The Kier molecular flexibility index (Phi) is 3.10. The maximum Gasteiger partial charge on any atom is 0.122 e. The first kappa shape index (κ1) is 10.5. The zero-order valence-corrected chi connectivity index (χ0v) is 9.08. The predicted molar refractivity (Wildman–Crippen MR) is 60.9 cm³/mol. The van der Waals surface area contributed by atoms with E-state index in [1.54, 1.807) is 18.7 Å². The van der Waals surface area contributed by atoms with E-state index in [1.165, 1.54) is 0 Å². The molecule has 0 fully saturated rings. The Morgan fingerprint density at radius 1 is 1.56 bits per heavy atom. The maximum absolute atomic E-state index is 10.4. The van der Waals surface area contributed by atoms with Crippen LogP contribution in [-0.2, 0) is 4.79 Å². The molecule has 1 atom stereocenters. The molecule has 2 aromatic heterocycles. The zero-order valence-electron chi connectivity index (χ0n) is 9.08. The first-order chi connectivity index (χ1) is 7.81. The van der Waals surface area contributed by atoms with E-state index in [0.717, 1.165) is 17.5 Å². The predicted octanol–water partition coefficient (Wildman–Crippen LogP) is 2.10. The van der Waals surface area contributed by atoms with Crippen LogP contribution in [0.1, 0.15) is 19.4 Å². The van der Waals surface area contributed by atoms with Crippen LogP contribution >= 0.6 is 0 Å². The van der Waals surface area contributed by atoms with Gasteiger partial charge in [0.25, 0.3) is 0 Å². The van der Waals surface area contributed by atoms with Crippen LogP contribution in [0.15, 0.2) is 37.1 Å². The minimum absolute atomic E-state index is 0.149. The average molecular weight is 215 g/mol. The van der Waals surface area contributed by atoms with Gasteiger partial charge in [0.05, 0.1) is 12.0 Å². The largest absolute Gasteiger partial charge is 0.334 e. The van der Waals surface area contributed by atoms with Gasteiger partial charge in [-0.3, -0.25) is 4.98 Å². The number of imidazole rings is 1. The quantitative estimate of drug-likeness (QED) is 0.734. The van der Waals surface area contributed by atoms with E-state index in [-0.39, 0.29) is 6.04 Å². The molecular formula is C12H13N3O. The van der Waals surface area contributed by atoms with Crippen LogP contribution < -0.4 is 0 Å². The van der Waals surface area contributed by atoms with Crippen LogP contribution in [0.5, 0.6) is 0 Å². The number of hydrogen-bond acceptors (Lipinski definition) is 3. The Morgan fingerprint density at radius 3 is 3.12 bits per heavy atom. The minimum atomic E-state index is 0.149. The Balaban J connectivity index is 2.23. The molecule has 0 bridgehead atoms. The summed E-state index contributed by atoms with van der Waals surface area (Å²) in [6.07, 6.45) is 8.62. The highest BCUT2D eigenvalue weighted by Gasteiger charge is 2.06. The van der Waals surface area contributed by atoms with Crippen molar-refractivity contribution in [2.45, 2.75) is 19.4 Å². The summed E-state index contributed by atoms with van der Waals surface area (Å²) < 4.78 is 1.94. The normalized spacial score (nSPS) is 12.3. The lowest BCUT2D eigenvalue weighted by Crippen LogP contribution is -2.02. The molecule has 0 radical (unpaired) electrons. The first-order valence-electron chi connectivity index (χ1n) is 5.19. The van der Waals surface area contributed by atoms with Gasteiger partial charge in [-0.1, -0.05) is 0 Å². The second-order valence-electron chi connectivity index (χ2n) is 3.70. The average Bonchev–Trinajstić information content (AvgIpc) is 2.80.